The molecule has 0 N–H and O–H groups in total. The van der Waals surface area contributed by atoms with E-state index >= 15 is 0 Å². The van der Waals surface area contributed by atoms with Crippen LogP contribution in [0.25, 0.3) is 0 Å². The molecule has 0 saturated carbocycles. The first-order valence-corrected chi connectivity index (χ1v) is 9.04. The zero-order valence-electron chi connectivity index (χ0n) is 14.5. The number of rotatable bonds is 3. The number of likely N-dealkylation sites (tertiary alicyclic amines) is 1. The molecule has 1 aromatic rings. The fraction of sp³-hybridized carbons (Fsp3) is 0.684. The molecule has 2 atom stereocenters. The van der Waals surface area contributed by atoms with Crippen molar-refractivity contribution in [2.45, 2.75) is 52.0 Å². The Morgan fingerprint density at radius 3 is 2.87 bits per heavy atom. The molecule has 0 aromatic carbocycles. The molecule has 3 rings (SSSR count). The van der Waals surface area contributed by atoms with E-state index < -0.39 is 0 Å². The van der Waals surface area contributed by atoms with Crippen molar-refractivity contribution in [1.29, 1.82) is 5.26 Å². The topological polar surface area (TPSA) is 43.2 Å². The Morgan fingerprint density at radius 1 is 1.22 bits per heavy atom. The van der Waals surface area contributed by atoms with Crippen LogP contribution in [0, 0.1) is 24.2 Å². The van der Waals surface area contributed by atoms with Crippen LogP contribution in [0.4, 0.5) is 5.82 Å². The molecular weight excluding hydrogens is 284 g/mol. The number of pyridine rings is 1. The van der Waals surface area contributed by atoms with Crippen molar-refractivity contribution in [2.75, 3.05) is 31.1 Å². The van der Waals surface area contributed by atoms with E-state index in [4.69, 9.17) is 0 Å². The van der Waals surface area contributed by atoms with Gasteiger partial charge in [0.1, 0.15) is 17.6 Å². The van der Waals surface area contributed by atoms with E-state index in [1.807, 2.05) is 13.0 Å². The highest BCUT2D eigenvalue weighted by Crippen LogP contribution is 2.25. The number of anilines is 1. The quantitative estimate of drug-likeness (QED) is 0.858. The Hall–Kier alpha value is -1.60. The number of hydrogen-bond donors (Lipinski definition) is 0. The van der Waals surface area contributed by atoms with E-state index in [9.17, 15) is 5.26 Å². The van der Waals surface area contributed by atoms with Gasteiger partial charge >= 0.3 is 0 Å². The molecule has 0 bridgehead atoms. The molecule has 2 unspecified atom stereocenters. The molecule has 0 aliphatic carbocycles. The summed E-state index contributed by atoms with van der Waals surface area (Å²) in [6.07, 6.45) is 6.63. The molecule has 1 aromatic heterocycles. The first-order chi connectivity index (χ1) is 11.2. The van der Waals surface area contributed by atoms with Gasteiger partial charge in [-0.25, -0.2) is 4.98 Å². The van der Waals surface area contributed by atoms with E-state index in [1.165, 1.54) is 45.2 Å². The first-order valence-electron chi connectivity index (χ1n) is 9.04. The fourth-order valence-electron chi connectivity index (χ4n) is 3.99. The summed E-state index contributed by atoms with van der Waals surface area (Å²) in [5.41, 5.74) is 1.53. The minimum Gasteiger partial charge on any atom is -0.356 e. The lowest BCUT2D eigenvalue weighted by Gasteiger charge is -2.40. The summed E-state index contributed by atoms with van der Waals surface area (Å²) in [6.45, 7) is 8.94. The van der Waals surface area contributed by atoms with Crippen LogP contribution in [0.15, 0.2) is 12.1 Å². The van der Waals surface area contributed by atoms with Crippen molar-refractivity contribution in [2.24, 2.45) is 5.92 Å². The van der Waals surface area contributed by atoms with E-state index in [0.717, 1.165) is 36.4 Å². The van der Waals surface area contributed by atoms with Crippen molar-refractivity contribution < 1.29 is 0 Å². The van der Waals surface area contributed by atoms with Gasteiger partial charge in [-0.1, -0.05) is 12.5 Å². The van der Waals surface area contributed by atoms with Crippen LogP contribution in [-0.2, 0) is 0 Å². The third kappa shape index (κ3) is 3.84. The fourth-order valence-corrected chi connectivity index (χ4v) is 3.99. The second-order valence-electron chi connectivity index (χ2n) is 7.24. The lowest BCUT2D eigenvalue weighted by atomic mass is 9.94. The standard InChI is InChI=1S/C19H28N4/c1-15-8-9-19(21-18(15)12-20)23-11-5-7-17(14-23)13-22-10-4-3-6-16(22)2/h8-9,16-17H,3-7,10-11,13-14H2,1-2H3. The molecule has 0 amide bonds. The first kappa shape index (κ1) is 16.3. The minimum atomic E-state index is 0.564. The molecule has 2 fully saturated rings. The lowest BCUT2D eigenvalue weighted by molar-refractivity contribution is 0.130. The van der Waals surface area contributed by atoms with Crippen LogP contribution in [0.3, 0.4) is 0 Å². The average Bonchev–Trinajstić information content (AvgIpc) is 2.58. The van der Waals surface area contributed by atoms with Gasteiger partial charge in [0.25, 0.3) is 0 Å². The number of hydrogen-bond acceptors (Lipinski definition) is 4. The highest BCUT2D eigenvalue weighted by atomic mass is 15.2. The number of nitriles is 1. The summed E-state index contributed by atoms with van der Waals surface area (Å²) in [7, 11) is 0. The Bertz CT molecular complexity index is 577. The van der Waals surface area contributed by atoms with Gasteiger partial charge in [-0.2, -0.15) is 5.26 Å². The SMILES string of the molecule is Cc1ccc(N2CCCC(CN3CCCCC3C)C2)nc1C#N. The van der Waals surface area contributed by atoms with E-state index in [0.29, 0.717) is 5.69 Å². The molecule has 2 aliphatic rings. The molecule has 3 heterocycles. The summed E-state index contributed by atoms with van der Waals surface area (Å²) in [5, 5.41) is 9.20. The Balaban J connectivity index is 1.65. The molecule has 4 heteroatoms. The zero-order chi connectivity index (χ0) is 16.2. The predicted octanol–water partition coefficient (Wildman–Crippen LogP) is 3.35. The van der Waals surface area contributed by atoms with Gasteiger partial charge in [-0.05, 0) is 63.6 Å². The smallest absolute Gasteiger partial charge is 0.145 e. The van der Waals surface area contributed by atoms with Crippen molar-refractivity contribution in [1.82, 2.24) is 9.88 Å². The van der Waals surface area contributed by atoms with Gasteiger partial charge < -0.3 is 9.80 Å². The van der Waals surface area contributed by atoms with Crippen molar-refractivity contribution >= 4 is 5.82 Å². The van der Waals surface area contributed by atoms with Crippen LogP contribution in [0.2, 0.25) is 0 Å². The average molecular weight is 312 g/mol. The molecular formula is C19H28N4. The van der Waals surface area contributed by atoms with Crippen LogP contribution < -0.4 is 4.90 Å². The molecule has 0 spiro atoms. The molecule has 23 heavy (non-hydrogen) atoms. The van der Waals surface area contributed by atoms with Crippen LogP contribution >= 0.6 is 0 Å². The second-order valence-corrected chi connectivity index (χ2v) is 7.24. The molecule has 4 nitrogen and oxygen atoms in total. The maximum absolute atomic E-state index is 9.20. The Kier molecular flexibility index (Phi) is 5.17. The van der Waals surface area contributed by atoms with Crippen molar-refractivity contribution in [3.63, 3.8) is 0 Å². The van der Waals surface area contributed by atoms with Gasteiger partial charge in [0.05, 0.1) is 0 Å². The largest absolute Gasteiger partial charge is 0.356 e. The third-order valence-corrected chi connectivity index (χ3v) is 5.46. The van der Waals surface area contributed by atoms with E-state index in [-0.39, 0.29) is 0 Å². The zero-order valence-corrected chi connectivity index (χ0v) is 14.5. The summed E-state index contributed by atoms with van der Waals surface area (Å²) in [5.74, 6) is 1.70. The van der Waals surface area contributed by atoms with Crippen molar-refractivity contribution in [3.05, 3.63) is 23.4 Å². The van der Waals surface area contributed by atoms with Crippen molar-refractivity contribution in [3.8, 4) is 6.07 Å². The summed E-state index contributed by atoms with van der Waals surface area (Å²) in [4.78, 5) is 9.62. The summed E-state index contributed by atoms with van der Waals surface area (Å²) >= 11 is 0. The summed E-state index contributed by atoms with van der Waals surface area (Å²) in [6, 6.07) is 7.05. The highest BCUT2D eigenvalue weighted by molar-refractivity contribution is 5.45. The van der Waals surface area contributed by atoms with E-state index in [1.54, 1.807) is 0 Å². The van der Waals surface area contributed by atoms with Crippen LogP contribution in [0.1, 0.15) is 50.3 Å². The maximum Gasteiger partial charge on any atom is 0.145 e. The highest BCUT2D eigenvalue weighted by Gasteiger charge is 2.26. The third-order valence-electron chi connectivity index (χ3n) is 5.46. The van der Waals surface area contributed by atoms with Gasteiger partial charge in [0.15, 0.2) is 0 Å². The molecule has 124 valence electrons. The van der Waals surface area contributed by atoms with Gasteiger partial charge in [0, 0.05) is 25.7 Å². The maximum atomic E-state index is 9.20. The van der Waals surface area contributed by atoms with Gasteiger partial charge in [0.2, 0.25) is 0 Å². The number of piperidine rings is 2. The molecule has 2 saturated heterocycles. The number of aromatic nitrogens is 1. The van der Waals surface area contributed by atoms with Crippen LogP contribution in [0.5, 0.6) is 0 Å². The minimum absolute atomic E-state index is 0.564. The van der Waals surface area contributed by atoms with Gasteiger partial charge in [-0.15, -0.1) is 0 Å². The van der Waals surface area contributed by atoms with Crippen LogP contribution in [-0.4, -0.2) is 42.1 Å². The Labute approximate surface area is 140 Å². The predicted molar refractivity (Wildman–Crippen MR) is 93.5 cm³/mol. The number of nitrogens with zero attached hydrogens (tertiary/aromatic N) is 4. The van der Waals surface area contributed by atoms with E-state index in [2.05, 4.69) is 33.8 Å². The second kappa shape index (κ2) is 7.31. The normalized spacial score (nSPS) is 26.0. The summed E-state index contributed by atoms with van der Waals surface area (Å²) < 4.78 is 0. The monoisotopic (exact) mass is 312 g/mol. The molecule has 2 aliphatic heterocycles. The number of aryl methyl sites for hydroxylation is 1. The molecule has 0 radical (unpaired) electrons. The van der Waals surface area contributed by atoms with Gasteiger partial charge in [-0.3, -0.25) is 0 Å². The lowest BCUT2D eigenvalue weighted by Crippen LogP contribution is -2.45. The Morgan fingerprint density at radius 2 is 2.09 bits per heavy atom.